The Kier molecular flexibility index (Phi) is 1.47. The van der Waals surface area contributed by atoms with Gasteiger partial charge in [-0.15, -0.1) is 0 Å². The van der Waals surface area contributed by atoms with E-state index in [9.17, 15) is 4.79 Å². The van der Waals surface area contributed by atoms with Crippen molar-refractivity contribution in [2.24, 2.45) is 5.92 Å². The SMILES string of the molecule is O=C(O)C(S)C1CC1. The molecule has 8 heavy (non-hydrogen) atoms. The van der Waals surface area contributed by atoms with Crippen molar-refractivity contribution in [2.75, 3.05) is 0 Å². The number of rotatable bonds is 2. The zero-order valence-corrected chi connectivity index (χ0v) is 5.27. The van der Waals surface area contributed by atoms with Crippen LogP contribution >= 0.6 is 12.6 Å². The quantitative estimate of drug-likeness (QED) is 0.545. The zero-order valence-electron chi connectivity index (χ0n) is 4.37. The minimum atomic E-state index is -0.782. The summed E-state index contributed by atoms with van der Waals surface area (Å²) in [5.74, 6) is -0.424. The molecule has 2 nitrogen and oxygen atoms in total. The first-order chi connectivity index (χ1) is 3.72. The number of carbonyl (C=O) groups is 1. The minimum absolute atomic E-state index is 0.357. The van der Waals surface area contributed by atoms with Gasteiger partial charge in [-0.2, -0.15) is 12.6 Å². The van der Waals surface area contributed by atoms with Crippen LogP contribution in [0, 0.1) is 5.92 Å². The Morgan fingerprint density at radius 2 is 2.25 bits per heavy atom. The van der Waals surface area contributed by atoms with E-state index in [2.05, 4.69) is 12.6 Å². The van der Waals surface area contributed by atoms with Crippen molar-refractivity contribution in [1.82, 2.24) is 0 Å². The summed E-state index contributed by atoms with van der Waals surface area (Å²) in [5.41, 5.74) is 0. The van der Waals surface area contributed by atoms with Crippen LogP contribution in [0.25, 0.3) is 0 Å². The van der Waals surface area contributed by atoms with Crippen molar-refractivity contribution in [1.29, 1.82) is 0 Å². The molecule has 1 rings (SSSR count). The molecule has 0 saturated heterocycles. The summed E-state index contributed by atoms with van der Waals surface area (Å²) in [6, 6.07) is 0. The molecule has 1 aliphatic rings. The predicted octanol–water partition coefficient (Wildman–Crippen LogP) is 0.779. The molecule has 46 valence electrons. The van der Waals surface area contributed by atoms with Crippen molar-refractivity contribution in [3.8, 4) is 0 Å². The first kappa shape index (κ1) is 5.95. The summed E-state index contributed by atoms with van der Waals surface area (Å²) < 4.78 is 0. The Bertz CT molecular complexity index is 109. The van der Waals surface area contributed by atoms with E-state index in [-0.39, 0.29) is 0 Å². The normalized spacial score (nSPS) is 22.6. The van der Waals surface area contributed by atoms with Gasteiger partial charge in [-0.1, -0.05) is 0 Å². The average Bonchev–Trinajstić information content (AvgIpc) is 2.43. The van der Waals surface area contributed by atoms with Gasteiger partial charge >= 0.3 is 5.97 Å². The van der Waals surface area contributed by atoms with Crippen LogP contribution in [0.4, 0.5) is 0 Å². The number of carboxylic acid groups (broad SMARTS) is 1. The highest BCUT2D eigenvalue weighted by molar-refractivity contribution is 7.81. The third-order valence-corrected chi connectivity index (χ3v) is 1.96. The summed E-state index contributed by atoms with van der Waals surface area (Å²) >= 11 is 3.88. The van der Waals surface area contributed by atoms with E-state index < -0.39 is 11.2 Å². The van der Waals surface area contributed by atoms with Crippen molar-refractivity contribution >= 4 is 18.6 Å². The van der Waals surface area contributed by atoms with Gasteiger partial charge < -0.3 is 5.11 Å². The highest BCUT2D eigenvalue weighted by Crippen LogP contribution is 2.35. The van der Waals surface area contributed by atoms with Crippen LogP contribution in [0.15, 0.2) is 0 Å². The molecule has 0 aromatic carbocycles. The second-order valence-electron chi connectivity index (χ2n) is 2.12. The van der Waals surface area contributed by atoms with E-state index >= 15 is 0 Å². The minimum Gasteiger partial charge on any atom is -0.480 e. The van der Waals surface area contributed by atoms with Gasteiger partial charge in [0.15, 0.2) is 0 Å². The van der Waals surface area contributed by atoms with Crippen LogP contribution in [0.1, 0.15) is 12.8 Å². The summed E-state index contributed by atoms with van der Waals surface area (Å²) in [6.45, 7) is 0. The number of hydrogen-bond donors (Lipinski definition) is 2. The largest absolute Gasteiger partial charge is 0.480 e. The molecule has 0 aliphatic heterocycles. The number of thiol groups is 1. The molecule has 1 saturated carbocycles. The fourth-order valence-corrected chi connectivity index (χ4v) is 0.912. The van der Waals surface area contributed by atoms with Crippen LogP contribution in [-0.2, 0) is 4.79 Å². The smallest absolute Gasteiger partial charge is 0.316 e. The monoisotopic (exact) mass is 132 g/mol. The van der Waals surface area contributed by atoms with E-state index in [0.29, 0.717) is 5.92 Å². The number of hydrogen-bond acceptors (Lipinski definition) is 2. The van der Waals surface area contributed by atoms with Crippen LogP contribution in [0.2, 0.25) is 0 Å². The lowest BCUT2D eigenvalue weighted by atomic mass is 10.3. The molecule has 1 aliphatic carbocycles. The zero-order chi connectivity index (χ0) is 6.15. The van der Waals surface area contributed by atoms with Crippen LogP contribution in [0.3, 0.4) is 0 Å². The Balaban J connectivity index is 2.32. The molecule has 1 N–H and O–H groups in total. The van der Waals surface area contributed by atoms with Crippen LogP contribution in [0.5, 0.6) is 0 Å². The molecular formula is C5H8O2S. The highest BCUT2D eigenvalue weighted by Gasteiger charge is 2.33. The molecule has 1 unspecified atom stereocenters. The van der Waals surface area contributed by atoms with Gasteiger partial charge in [0.05, 0.1) is 0 Å². The summed E-state index contributed by atoms with van der Waals surface area (Å²) in [6.07, 6.45) is 2.08. The van der Waals surface area contributed by atoms with E-state index in [4.69, 9.17) is 5.11 Å². The summed E-state index contributed by atoms with van der Waals surface area (Å²) in [5, 5.41) is 7.91. The van der Waals surface area contributed by atoms with Gasteiger partial charge in [0.2, 0.25) is 0 Å². The molecule has 0 aromatic rings. The standard InChI is InChI=1S/C5H8O2S/c6-5(7)4(8)3-1-2-3/h3-4,8H,1-2H2,(H,6,7). The molecular weight excluding hydrogens is 124 g/mol. The van der Waals surface area contributed by atoms with E-state index in [1.165, 1.54) is 0 Å². The molecule has 0 aromatic heterocycles. The predicted molar refractivity (Wildman–Crippen MR) is 33.1 cm³/mol. The lowest BCUT2D eigenvalue weighted by molar-refractivity contribution is -0.136. The Morgan fingerprint density at radius 1 is 1.75 bits per heavy atom. The fraction of sp³-hybridized carbons (Fsp3) is 0.800. The van der Waals surface area contributed by atoms with E-state index in [0.717, 1.165) is 12.8 Å². The van der Waals surface area contributed by atoms with Gasteiger partial charge in [0, 0.05) is 0 Å². The molecule has 0 amide bonds. The van der Waals surface area contributed by atoms with Crippen LogP contribution < -0.4 is 0 Å². The maximum absolute atomic E-state index is 10.1. The van der Waals surface area contributed by atoms with E-state index in [1.54, 1.807) is 0 Å². The van der Waals surface area contributed by atoms with Gasteiger partial charge in [-0.3, -0.25) is 4.79 Å². The first-order valence-corrected chi connectivity index (χ1v) is 3.14. The molecule has 0 heterocycles. The van der Waals surface area contributed by atoms with Crippen molar-refractivity contribution in [3.63, 3.8) is 0 Å². The summed E-state index contributed by atoms with van der Waals surface area (Å²) in [7, 11) is 0. The average molecular weight is 132 g/mol. The van der Waals surface area contributed by atoms with Gasteiger partial charge in [-0.05, 0) is 18.8 Å². The van der Waals surface area contributed by atoms with Gasteiger partial charge in [-0.25, -0.2) is 0 Å². The van der Waals surface area contributed by atoms with Gasteiger partial charge in [0.1, 0.15) is 5.25 Å². The van der Waals surface area contributed by atoms with Crippen molar-refractivity contribution < 1.29 is 9.90 Å². The molecule has 1 fully saturated rings. The topological polar surface area (TPSA) is 37.3 Å². The second kappa shape index (κ2) is 1.97. The Labute approximate surface area is 53.3 Å². The summed E-state index contributed by atoms with van der Waals surface area (Å²) in [4.78, 5) is 10.1. The highest BCUT2D eigenvalue weighted by atomic mass is 32.1. The Morgan fingerprint density at radius 3 is 2.38 bits per heavy atom. The second-order valence-corrected chi connectivity index (χ2v) is 2.68. The lowest BCUT2D eigenvalue weighted by Crippen LogP contribution is -2.14. The third-order valence-electron chi connectivity index (χ3n) is 1.32. The lowest BCUT2D eigenvalue weighted by Gasteiger charge is -1.98. The maximum Gasteiger partial charge on any atom is 0.316 e. The molecule has 0 spiro atoms. The van der Waals surface area contributed by atoms with Crippen LogP contribution in [-0.4, -0.2) is 16.3 Å². The maximum atomic E-state index is 10.1. The number of carboxylic acids is 1. The van der Waals surface area contributed by atoms with E-state index in [1.807, 2.05) is 0 Å². The van der Waals surface area contributed by atoms with Crippen molar-refractivity contribution in [2.45, 2.75) is 18.1 Å². The first-order valence-electron chi connectivity index (χ1n) is 2.62. The molecule has 0 bridgehead atoms. The Hall–Kier alpha value is -0.180. The molecule has 3 heteroatoms. The van der Waals surface area contributed by atoms with Crippen molar-refractivity contribution in [3.05, 3.63) is 0 Å². The molecule has 1 atom stereocenters. The third kappa shape index (κ3) is 1.15. The van der Waals surface area contributed by atoms with Gasteiger partial charge in [0.25, 0.3) is 0 Å². The number of aliphatic carboxylic acids is 1. The molecule has 0 radical (unpaired) electrons. The fourth-order valence-electron chi connectivity index (χ4n) is 0.614.